The first-order valence-electron chi connectivity index (χ1n) is 5.45. The first-order chi connectivity index (χ1) is 8.13. The lowest BCUT2D eigenvalue weighted by atomic mass is 10.2. The molecule has 0 N–H and O–H groups in total. The molecule has 0 aliphatic rings. The summed E-state index contributed by atoms with van der Waals surface area (Å²) in [5.74, 6) is 6.07. The van der Waals surface area contributed by atoms with Gasteiger partial charge in [-0.25, -0.2) is 0 Å². The van der Waals surface area contributed by atoms with Gasteiger partial charge in [-0.05, 0) is 26.0 Å². The summed E-state index contributed by atoms with van der Waals surface area (Å²) in [5, 5.41) is 0. The number of rotatable bonds is 3. The van der Waals surface area contributed by atoms with E-state index in [4.69, 9.17) is 4.74 Å². The van der Waals surface area contributed by atoms with Gasteiger partial charge in [0, 0.05) is 0 Å². The van der Waals surface area contributed by atoms with Gasteiger partial charge >= 0.3 is 5.97 Å². The molecule has 3 heteroatoms. The molecule has 90 valence electrons. The summed E-state index contributed by atoms with van der Waals surface area (Å²) in [7, 11) is 1.35. The number of hydrogen-bond donors (Lipinski definition) is 0. The standard InChI is InChI=1S/C14H16O3/c1-11(2)17-13-9-5-4-7-12(13)8-6-10-14(15)16-3/h4-5,7,9,11H,10H2,1-3H3. The third kappa shape index (κ3) is 4.60. The molecule has 0 aliphatic heterocycles. The molecular formula is C14H16O3. The van der Waals surface area contributed by atoms with Crippen LogP contribution in [0.25, 0.3) is 0 Å². The SMILES string of the molecule is COC(=O)CC#Cc1ccccc1OC(C)C. The number of hydrogen-bond acceptors (Lipinski definition) is 3. The molecule has 0 saturated carbocycles. The van der Waals surface area contributed by atoms with Gasteiger partial charge in [0.1, 0.15) is 12.2 Å². The second-order valence-electron chi connectivity index (χ2n) is 3.72. The summed E-state index contributed by atoms with van der Waals surface area (Å²) >= 11 is 0. The van der Waals surface area contributed by atoms with E-state index in [9.17, 15) is 4.79 Å². The summed E-state index contributed by atoms with van der Waals surface area (Å²) < 4.78 is 10.1. The highest BCUT2D eigenvalue weighted by molar-refractivity contribution is 5.72. The van der Waals surface area contributed by atoms with Crippen LogP contribution in [-0.4, -0.2) is 19.2 Å². The smallest absolute Gasteiger partial charge is 0.317 e. The predicted molar refractivity (Wildman–Crippen MR) is 65.7 cm³/mol. The van der Waals surface area contributed by atoms with E-state index in [0.717, 1.165) is 11.3 Å². The largest absolute Gasteiger partial charge is 0.490 e. The van der Waals surface area contributed by atoms with E-state index in [0.29, 0.717) is 0 Å². The Morgan fingerprint density at radius 1 is 1.35 bits per heavy atom. The summed E-state index contributed by atoms with van der Waals surface area (Å²) in [4.78, 5) is 10.9. The maximum atomic E-state index is 10.9. The number of carbonyl (C=O) groups excluding carboxylic acids is 1. The fourth-order valence-corrected chi connectivity index (χ4v) is 1.21. The minimum Gasteiger partial charge on any atom is -0.490 e. The molecule has 0 saturated heterocycles. The molecule has 0 aliphatic carbocycles. The predicted octanol–water partition coefficient (Wildman–Crippen LogP) is 2.39. The molecule has 0 fully saturated rings. The van der Waals surface area contributed by atoms with Crippen molar-refractivity contribution in [2.45, 2.75) is 26.4 Å². The summed E-state index contributed by atoms with van der Waals surface area (Å²) in [5.41, 5.74) is 0.783. The van der Waals surface area contributed by atoms with Crippen molar-refractivity contribution in [2.24, 2.45) is 0 Å². The molecule has 0 atom stereocenters. The van der Waals surface area contributed by atoms with Crippen LogP contribution in [-0.2, 0) is 9.53 Å². The number of methoxy groups -OCH3 is 1. The highest BCUT2D eigenvalue weighted by atomic mass is 16.5. The number of para-hydroxylation sites is 1. The van der Waals surface area contributed by atoms with Crippen molar-refractivity contribution >= 4 is 5.97 Å². The highest BCUT2D eigenvalue weighted by Gasteiger charge is 2.02. The summed E-state index contributed by atoms with van der Waals surface area (Å²) in [6.45, 7) is 3.91. The van der Waals surface area contributed by atoms with Crippen LogP contribution in [0.15, 0.2) is 24.3 Å². The normalized spacial score (nSPS) is 9.41. The van der Waals surface area contributed by atoms with Crippen molar-refractivity contribution in [3.05, 3.63) is 29.8 Å². The second-order valence-corrected chi connectivity index (χ2v) is 3.72. The first kappa shape index (κ1) is 13.1. The topological polar surface area (TPSA) is 35.5 Å². The van der Waals surface area contributed by atoms with Gasteiger partial charge in [0.25, 0.3) is 0 Å². The van der Waals surface area contributed by atoms with E-state index >= 15 is 0 Å². The Hall–Kier alpha value is -1.95. The quantitative estimate of drug-likeness (QED) is 0.593. The molecule has 0 bridgehead atoms. The van der Waals surface area contributed by atoms with Crippen molar-refractivity contribution in [1.82, 2.24) is 0 Å². The van der Waals surface area contributed by atoms with Gasteiger partial charge < -0.3 is 9.47 Å². The lowest BCUT2D eigenvalue weighted by Crippen LogP contribution is -2.06. The average molecular weight is 232 g/mol. The van der Waals surface area contributed by atoms with Gasteiger partial charge in [0.2, 0.25) is 0 Å². The van der Waals surface area contributed by atoms with Crippen LogP contribution in [0.2, 0.25) is 0 Å². The minimum atomic E-state index is -0.334. The molecule has 0 aromatic heterocycles. The van der Waals surface area contributed by atoms with Gasteiger partial charge in [-0.1, -0.05) is 24.0 Å². The summed E-state index contributed by atoms with van der Waals surface area (Å²) in [6, 6.07) is 7.50. The molecular weight excluding hydrogens is 216 g/mol. The zero-order chi connectivity index (χ0) is 12.7. The monoisotopic (exact) mass is 232 g/mol. The second kappa shape index (κ2) is 6.59. The Kier molecular flexibility index (Phi) is 5.09. The van der Waals surface area contributed by atoms with E-state index in [1.165, 1.54) is 7.11 Å². The molecule has 0 unspecified atom stereocenters. The molecule has 3 nitrogen and oxygen atoms in total. The third-order valence-electron chi connectivity index (χ3n) is 1.93. The van der Waals surface area contributed by atoms with Crippen LogP contribution < -0.4 is 4.74 Å². The molecule has 1 rings (SSSR count). The fraction of sp³-hybridized carbons (Fsp3) is 0.357. The molecule has 1 aromatic rings. The van der Waals surface area contributed by atoms with Gasteiger partial charge in [0.15, 0.2) is 0 Å². The number of benzene rings is 1. The zero-order valence-electron chi connectivity index (χ0n) is 10.3. The molecule has 0 radical (unpaired) electrons. The van der Waals surface area contributed by atoms with Crippen molar-refractivity contribution in [2.75, 3.05) is 7.11 Å². The fourth-order valence-electron chi connectivity index (χ4n) is 1.21. The van der Waals surface area contributed by atoms with E-state index in [1.807, 2.05) is 38.1 Å². The van der Waals surface area contributed by atoms with Crippen LogP contribution in [0, 0.1) is 11.8 Å². The van der Waals surface area contributed by atoms with E-state index < -0.39 is 0 Å². The highest BCUT2D eigenvalue weighted by Crippen LogP contribution is 2.17. The average Bonchev–Trinajstić information content (AvgIpc) is 2.30. The van der Waals surface area contributed by atoms with Crippen LogP contribution in [0.4, 0.5) is 0 Å². The van der Waals surface area contributed by atoms with E-state index in [-0.39, 0.29) is 18.5 Å². The van der Waals surface area contributed by atoms with Crippen LogP contribution in [0.3, 0.4) is 0 Å². The maximum Gasteiger partial charge on any atom is 0.317 e. The van der Waals surface area contributed by atoms with Crippen molar-refractivity contribution in [1.29, 1.82) is 0 Å². The zero-order valence-corrected chi connectivity index (χ0v) is 10.3. The Morgan fingerprint density at radius 2 is 2.06 bits per heavy atom. The van der Waals surface area contributed by atoms with Gasteiger partial charge in [-0.2, -0.15) is 0 Å². The first-order valence-corrected chi connectivity index (χ1v) is 5.45. The minimum absolute atomic E-state index is 0.0898. The van der Waals surface area contributed by atoms with Crippen molar-refractivity contribution < 1.29 is 14.3 Å². The molecule has 0 spiro atoms. The molecule has 17 heavy (non-hydrogen) atoms. The molecule has 0 amide bonds. The Labute approximate surface area is 102 Å². The number of esters is 1. The number of carbonyl (C=O) groups is 1. The number of ether oxygens (including phenoxy) is 2. The Bertz CT molecular complexity index is 438. The van der Waals surface area contributed by atoms with Gasteiger partial charge in [0.05, 0.1) is 18.8 Å². The van der Waals surface area contributed by atoms with Crippen LogP contribution >= 0.6 is 0 Å². The Balaban J connectivity index is 2.79. The lowest BCUT2D eigenvalue weighted by Gasteiger charge is -2.10. The van der Waals surface area contributed by atoms with E-state index in [1.54, 1.807) is 0 Å². The Morgan fingerprint density at radius 3 is 2.71 bits per heavy atom. The van der Waals surface area contributed by atoms with E-state index in [2.05, 4.69) is 16.6 Å². The van der Waals surface area contributed by atoms with Crippen molar-refractivity contribution in [3.63, 3.8) is 0 Å². The van der Waals surface area contributed by atoms with Crippen LogP contribution in [0.1, 0.15) is 25.8 Å². The van der Waals surface area contributed by atoms with Crippen molar-refractivity contribution in [3.8, 4) is 17.6 Å². The van der Waals surface area contributed by atoms with Crippen LogP contribution in [0.5, 0.6) is 5.75 Å². The molecule has 0 heterocycles. The maximum absolute atomic E-state index is 10.9. The third-order valence-corrected chi connectivity index (χ3v) is 1.93. The lowest BCUT2D eigenvalue weighted by molar-refractivity contribution is -0.139. The van der Waals surface area contributed by atoms with Gasteiger partial charge in [-0.15, -0.1) is 0 Å². The summed E-state index contributed by atoms with van der Waals surface area (Å²) in [6.07, 6.45) is 0.186. The molecule has 1 aromatic carbocycles. The van der Waals surface area contributed by atoms with Gasteiger partial charge in [-0.3, -0.25) is 4.79 Å².